The van der Waals surface area contributed by atoms with Crippen molar-refractivity contribution < 1.29 is 0 Å². The van der Waals surface area contributed by atoms with Crippen molar-refractivity contribution in [2.45, 2.75) is 44.6 Å². The number of nitrogens with zero attached hydrogens (tertiary/aromatic N) is 1. The molecule has 1 aromatic heterocycles. The third-order valence-corrected chi connectivity index (χ3v) is 4.61. The monoisotopic (exact) mass is 300 g/mol. The average molecular weight is 301 g/mol. The Bertz CT molecular complexity index is 597. The lowest BCUT2D eigenvalue weighted by Crippen LogP contribution is -2.30. The minimum absolute atomic E-state index is 0.433. The minimum atomic E-state index is 0.433. The van der Waals surface area contributed by atoms with Crippen molar-refractivity contribution in [2.24, 2.45) is 0 Å². The van der Waals surface area contributed by atoms with E-state index < -0.39 is 0 Å². The Morgan fingerprint density at radius 2 is 1.90 bits per heavy atom. The number of hydrogen-bond donors (Lipinski definition) is 1. The van der Waals surface area contributed by atoms with E-state index in [1.54, 1.807) is 0 Å². The van der Waals surface area contributed by atoms with Crippen LogP contribution in [0.1, 0.15) is 42.7 Å². The molecule has 3 rings (SSSR count). The van der Waals surface area contributed by atoms with E-state index >= 15 is 0 Å². The SMILES string of the molecule is Cc1cnc(Cl)c(NC2CCCCC2c2ccccc2)c1. The van der Waals surface area contributed by atoms with Crippen molar-refractivity contribution in [1.82, 2.24) is 4.98 Å². The van der Waals surface area contributed by atoms with E-state index in [-0.39, 0.29) is 0 Å². The smallest absolute Gasteiger partial charge is 0.152 e. The highest BCUT2D eigenvalue weighted by Gasteiger charge is 2.26. The highest BCUT2D eigenvalue weighted by Crippen LogP contribution is 2.35. The Morgan fingerprint density at radius 3 is 2.71 bits per heavy atom. The molecule has 0 spiro atoms. The number of benzene rings is 1. The van der Waals surface area contributed by atoms with Gasteiger partial charge in [-0.15, -0.1) is 0 Å². The first-order chi connectivity index (χ1) is 10.2. The Morgan fingerprint density at radius 1 is 1.14 bits per heavy atom. The van der Waals surface area contributed by atoms with E-state index in [4.69, 9.17) is 11.6 Å². The maximum absolute atomic E-state index is 6.24. The molecule has 1 heterocycles. The number of rotatable bonds is 3. The summed E-state index contributed by atoms with van der Waals surface area (Å²) in [5, 5.41) is 4.21. The lowest BCUT2D eigenvalue weighted by atomic mass is 9.80. The fraction of sp³-hybridized carbons (Fsp3) is 0.389. The number of aryl methyl sites for hydroxylation is 1. The molecule has 1 fully saturated rings. The standard InChI is InChI=1S/C18H21ClN2/c1-13-11-17(18(19)20-12-13)21-16-10-6-5-9-15(16)14-7-3-2-4-8-14/h2-4,7-8,11-12,15-16,21H,5-6,9-10H2,1H3. The van der Waals surface area contributed by atoms with Gasteiger partial charge in [0.05, 0.1) is 5.69 Å². The van der Waals surface area contributed by atoms with Gasteiger partial charge in [0.15, 0.2) is 5.15 Å². The zero-order valence-corrected chi connectivity index (χ0v) is 13.1. The van der Waals surface area contributed by atoms with Crippen molar-refractivity contribution in [3.05, 3.63) is 58.9 Å². The van der Waals surface area contributed by atoms with E-state index in [9.17, 15) is 0 Å². The quantitative estimate of drug-likeness (QED) is 0.790. The molecule has 2 nitrogen and oxygen atoms in total. The maximum Gasteiger partial charge on any atom is 0.152 e. The Labute approximate surface area is 131 Å². The van der Waals surface area contributed by atoms with Crippen molar-refractivity contribution in [2.75, 3.05) is 5.32 Å². The third kappa shape index (κ3) is 3.38. The molecule has 21 heavy (non-hydrogen) atoms. The first-order valence-corrected chi connectivity index (χ1v) is 8.05. The van der Waals surface area contributed by atoms with Crippen molar-refractivity contribution in [3.63, 3.8) is 0 Å². The lowest BCUT2D eigenvalue weighted by Gasteiger charge is -2.33. The second-order valence-corrected chi connectivity index (χ2v) is 6.26. The Hall–Kier alpha value is -1.54. The summed E-state index contributed by atoms with van der Waals surface area (Å²) < 4.78 is 0. The van der Waals surface area contributed by atoms with E-state index in [0.29, 0.717) is 17.1 Å². The van der Waals surface area contributed by atoms with Crippen LogP contribution < -0.4 is 5.32 Å². The second kappa shape index (κ2) is 6.48. The van der Waals surface area contributed by atoms with Crippen LogP contribution in [0.5, 0.6) is 0 Å². The van der Waals surface area contributed by atoms with Gasteiger partial charge < -0.3 is 5.32 Å². The van der Waals surface area contributed by atoms with Crippen LogP contribution in [0.2, 0.25) is 5.15 Å². The number of aromatic nitrogens is 1. The zero-order chi connectivity index (χ0) is 14.7. The molecule has 1 N–H and O–H groups in total. The summed E-state index contributed by atoms with van der Waals surface area (Å²) in [5.74, 6) is 0.552. The van der Waals surface area contributed by atoms with Crippen LogP contribution in [-0.2, 0) is 0 Å². The Kier molecular flexibility index (Phi) is 4.45. The van der Waals surface area contributed by atoms with Gasteiger partial charge in [-0.3, -0.25) is 0 Å². The van der Waals surface area contributed by atoms with Gasteiger partial charge in [0.2, 0.25) is 0 Å². The molecule has 1 aromatic carbocycles. The van der Waals surface area contributed by atoms with Crippen LogP contribution in [0.25, 0.3) is 0 Å². The van der Waals surface area contributed by atoms with Crippen molar-refractivity contribution >= 4 is 17.3 Å². The number of hydrogen-bond acceptors (Lipinski definition) is 2. The van der Waals surface area contributed by atoms with E-state index in [1.807, 2.05) is 13.1 Å². The molecular weight excluding hydrogens is 280 g/mol. The average Bonchev–Trinajstić information content (AvgIpc) is 2.52. The van der Waals surface area contributed by atoms with Gasteiger partial charge in [-0.05, 0) is 37.0 Å². The molecule has 1 saturated carbocycles. The summed E-state index contributed by atoms with van der Waals surface area (Å²) in [4.78, 5) is 4.24. The number of nitrogens with one attached hydrogen (secondary N) is 1. The second-order valence-electron chi connectivity index (χ2n) is 5.90. The predicted octanol–water partition coefficient (Wildman–Crippen LogP) is 5.18. The fourth-order valence-corrected chi connectivity index (χ4v) is 3.41. The molecule has 0 radical (unpaired) electrons. The van der Waals surface area contributed by atoms with Gasteiger partial charge in [-0.25, -0.2) is 4.98 Å². The fourth-order valence-electron chi connectivity index (χ4n) is 3.26. The molecule has 0 amide bonds. The predicted molar refractivity (Wildman–Crippen MR) is 89.0 cm³/mol. The topological polar surface area (TPSA) is 24.9 Å². The molecule has 2 aromatic rings. The molecule has 0 bridgehead atoms. The highest BCUT2D eigenvalue weighted by molar-refractivity contribution is 6.32. The van der Waals surface area contributed by atoms with Gasteiger partial charge in [0.1, 0.15) is 0 Å². The van der Waals surface area contributed by atoms with Crippen molar-refractivity contribution in [1.29, 1.82) is 0 Å². The first kappa shape index (κ1) is 14.4. The molecule has 0 aliphatic heterocycles. The van der Waals surface area contributed by atoms with Crippen LogP contribution in [0.3, 0.4) is 0 Å². The summed E-state index contributed by atoms with van der Waals surface area (Å²) in [7, 11) is 0. The largest absolute Gasteiger partial charge is 0.379 e. The molecule has 1 aliphatic carbocycles. The van der Waals surface area contributed by atoms with Gasteiger partial charge in [-0.2, -0.15) is 0 Å². The summed E-state index contributed by atoms with van der Waals surface area (Å²) in [6.07, 6.45) is 6.81. The summed E-state index contributed by atoms with van der Waals surface area (Å²) >= 11 is 6.24. The molecule has 2 unspecified atom stereocenters. The molecule has 110 valence electrons. The molecule has 1 aliphatic rings. The number of pyridine rings is 1. The van der Waals surface area contributed by atoms with Crippen LogP contribution in [0.4, 0.5) is 5.69 Å². The van der Waals surface area contributed by atoms with E-state index in [1.165, 1.54) is 31.2 Å². The molecular formula is C18H21ClN2. The van der Waals surface area contributed by atoms with Crippen LogP contribution >= 0.6 is 11.6 Å². The third-order valence-electron chi connectivity index (χ3n) is 4.31. The lowest BCUT2D eigenvalue weighted by molar-refractivity contribution is 0.405. The molecule has 2 atom stereocenters. The number of anilines is 1. The maximum atomic E-state index is 6.24. The first-order valence-electron chi connectivity index (χ1n) is 7.67. The van der Waals surface area contributed by atoms with Crippen molar-refractivity contribution in [3.8, 4) is 0 Å². The molecule has 3 heteroatoms. The normalized spacial score (nSPS) is 22.0. The van der Waals surface area contributed by atoms with Gasteiger partial charge in [0, 0.05) is 18.2 Å². The molecule has 0 saturated heterocycles. The summed E-state index contributed by atoms with van der Waals surface area (Å²) in [6.45, 7) is 2.05. The zero-order valence-electron chi connectivity index (χ0n) is 12.3. The van der Waals surface area contributed by atoms with Gasteiger partial charge in [-0.1, -0.05) is 54.8 Å². The number of halogens is 1. The van der Waals surface area contributed by atoms with Crippen LogP contribution in [-0.4, -0.2) is 11.0 Å². The van der Waals surface area contributed by atoms with Crippen LogP contribution in [0.15, 0.2) is 42.6 Å². The van der Waals surface area contributed by atoms with E-state index in [2.05, 4.69) is 46.7 Å². The minimum Gasteiger partial charge on any atom is -0.379 e. The van der Waals surface area contributed by atoms with Gasteiger partial charge >= 0.3 is 0 Å². The highest BCUT2D eigenvalue weighted by atomic mass is 35.5. The van der Waals surface area contributed by atoms with Crippen LogP contribution in [0, 0.1) is 6.92 Å². The summed E-state index contributed by atoms with van der Waals surface area (Å²) in [5.41, 5.74) is 3.52. The Balaban J connectivity index is 1.83. The van der Waals surface area contributed by atoms with Gasteiger partial charge in [0.25, 0.3) is 0 Å². The van der Waals surface area contributed by atoms with E-state index in [0.717, 1.165) is 11.3 Å². The summed E-state index contributed by atoms with van der Waals surface area (Å²) in [6, 6.07) is 13.3.